The van der Waals surface area contributed by atoms with Crippen molar-refractivity contribution in [2.45, 2.75) is 0 Å². The Morgan fingerprint density at radius 2 is 1.66 bits per heavy atom. The van der Waals surface area contributed by atoms with Crippen LogP contribution < -0.4 is 10.6 Å². The van der Waals surface area contributed by atoms with Gasteiger partial charge in [0.15, 0.2) is 16.7 Å². The molecule has 0 aliphatic rings. The van der Waals surface area contributed by atoms with Gasteiger partial charge in [-0.25, -0.2) is 0 Å². The number of anilines is 1. The second-order valence-corrected chi connectivity index (χ2v) is 8.08. The lowest BCUT2D eigenvalue weighted by Crippen LogP contribution is -2.34. The number of carbonyl (C=O) groups excluding carboxylic acids is 2. The molecule has 0 fully saturated rings. The first kappa shape index (κ1) is 23.8. The Hall–Kier alpha value is -4.34. The summed E-state index contributed by atoms with van der Waals surface area (Å²) in [5.41, 5.74) is 1.18. The lowest BCUT2D eigenvalue weighted by molar-refractivity contribution is -0.384. The van der Waals surface area contributed by atoms with E-state index in [2.05, 4.69) is 10.6 Å². The normalized spacial score (nSPS) is 10.4. The highest BCUT2D eigenvalue weighted by molar-refractivity contribution is 7.80. The number of carbonyl (C=O) groups is 2. The van der Waals surface area contributed by atoms with Gasteiger partial charge in [0.2, 0.25) is 0 Å². The highest BCUT2D eigenvalue weighted by atomic mass is 35.5. The molecule has 35 heavy (non-hydrogen) atoms. The molecule has 0 spiro atoms. The van der Waals surface area contributed by atoms with Crippen LogP contribution in [0.2, 0.25) is 5.02 Å². The lowest BCUT2D eigenvalue weighted by atomic mass is 10.0. The summed E-state index contributed by atoms with van der Waals surface area (Å²) in [6, 6.07) is 22.2. The fourth-order valence-corrected chi connectivity index (χ4v) is 3.70. The van der Waals surface area contributed by atoms with E-state index in [0.29, 0.717) is 16.3 Å². The van der Waals surface area contributed by atoms with Crippen LogP contribution in [0.15, 0.2) is 89.3 Å². The minimum absolute atomic E-state index is 0.0805. The van der Waals surface area contributed by atoms with E-state index < -0.39 is 10.8 Å². The van der Waals surface area contributed by atoms with Crippen molar-refractivity contribution in [3.8, 4) is 11.3 Å². The number of amides is 1. The summed E-state index contributed by atoms with van der Waals surface area (Å²) in [6.07, 6.45) is 0. The molecular formula is C25H16ClN3O5S. The first-order valence-corrected chi connectivity index (χ1v) is 11.0. The van der Waals surface area contributed by atoms with Gasteiger partial charge >= 0.3 is 0 Å². The Labute approximate surface area is 209 Å². The fourth-order valence-electron chi connectivity index (χ4n) is 3.32. The summed E-state index contributed by atoms with van der Waals surface area (Å²) < 4.78 is 5.53. The molecule has 174 valence electrons. The Balaban J connectivity index is 1.50. The van der Waals surface area contributed by atoms with Crippen LogP contribution in [-0.2, 0) is 0 Å². The molecule has 0 saturated carbocycles. The van der Waals surface area contributed by atoms with Gasteiger partial charge in [0.25, 0.3) is 11.6 Å². The third-order valence-corrected chi connectivity index (χ3v) is 5.37. The molecule has 2 N–H and O–H groups in total. The molecule has 0 saturated heterocycles. The number of para-hydroxylation sites is 1. The predicted molar refractivity (Wildman–Crippen MR) is 136 cm³/mol. The number of nitrogens with zero attached hydrogens (tertiary/aromatic N) is 1. The first-order valence-electron chi connectivity index (χ1n) is 10.2. The molecule has 1 amide bonds. The van der Waals surface area contributed by atoms with Crippen LogP contribution in [0.1, 0.15) is 26.5 Å². The molecule has 0 unspecified atom stereocenters. The highest BCUT2D eigenvalue weighted by Gasteiger charge is 2.20. The monoisotopic (exact) mass is 505 g/mol. The van der Waals surface area contributed by atoms with Gasteiger partial charge in [-0.1, -0.05) is 54.1 Å². The predicted octanol–water partition coefficient (Wildman–Crippen LogP) is 5.87. The maximum Gasteiger partial charge on any atom is 0.293 e. The van der Waals surface area contributed by atoms with Gasteiger partial charge in [0.1, 0.15) is 5.76 Å². The second kappa shape index (κ2) is 10.3. The Kier molecular flexibility index (Phi) is 7.00. The minimum Gasteiger partial charge on any atom is -0.451 e. The average Bonchev–Trinajstić information content (AvgIpc) is 3.35. The number of hydrogen-bond acceptors (Lipinski definition) is 6. The number of benzene rings is 3. The lowest BCUT2D eigenvalue weighted by Gasteiger charge is -2.13. The number of thiocarbonyl (C=S) groups is 1. The van der Waals surface area contributed by atoms with Gasteiger partial charge < -0.3 is 9.73 Å². The van der Waals surface area contributed by atoms with Crippen molar-refractivity contribution in [1.82, 2.24) is 5.32 Å². The zero-order valence-electron chi connectivity index (χ0n) is 17.9. The number of rotatable bonds is 6. The molecule has 4 aromatic rings. The highest BCUT2D eigenvalue weighted by Crippen LogP contribution is 2.31. The largest absolute Gasteiger partial charge is 0.451 e. The van der Waals surface area contributed by atoms with E-state index in [0.717, 1.165) is 0 Å². The van der Waals surface area contributed by atoms with Crippen molar-refractivity contribution in [2.75, 3.05) is 5.32 Å². The number of ketones is 1. The molecule has 10 heteroatoms. The van der Waals surface area contributed by atoms with E-state index in [1.807, 2.05) is 0 Å². The molecule has 0 atom stereocenters. The quantitative estimate of drug-likeness (QED) is 0.146. The van der Waals surface area contributed by atoms with Crippen molar-refractivity contribution < 1.29 is 18.9 Å². The van der Waals surface area contributed by atoms with Crippen molar-refractivity contribution in [3.05, 3.63) is 117 Å². The summed E-state index contributed by atoms with van der Waals surface area (Å²) >= 11 is 11.3. The van der Waals surface area contributed by atoms with Crippen molar-refractivity contribution in [2.24, 2.45) is 0 Å². The molecule has 0 aliphatic heterocycles. The maximum absolute atomic E-state index is 13.0. The zero-order valence-corrected chi connectivity index (χ0v) is 19.4. The molecular weight excluding hydrogens is 490 g/mol. The summed E-state index contributed by atoms with van der Waals surface area (Å²) in [7, 11) is 0. The molecule has 1 aromatic heterocycles. The van der Waals surface area contributed by atoms with Crippen molar-refractivity contribution >= 4 is 52.0 Å². The topological polar surface area (TPSA) is 114 Å². The van der Waals surface area contributed by atoms with Crippen LogP contribution in [0, 0.1) is 10.1 Å². The number of furan rings is 1. The van der Waals surface area contributed by atoms with Gasteiger partial charge in [-0.15, -0.1) is 0 Å². The molecule has 4 rings (SSSR count). The van der Waals surface area contributed by atoms with Crippen LogP contribution in [0.5, 0.6) is 0 Å². The number of hydrogen-bond donors (Lipinski definition) is 2. The van der Waals surface area contributed by atoms with Gasteiger partial charge in [0.05, 0.1) is 16.2 Å². The average molecular weight is 506 g/mol. The van der Waals surface area contributed by atoms with E-state index >= 15 is 0 Å². The summed E-state index contributed by atoms with van der Waals surface area (Å²) in [4.78, 5) is 36.4. The number of nitro benzene ring substituents is 1. The Morgan fingerprint density at radius 3 is 2.40 bits per heavy atom. The Morgan fingerprint density at radius 1 is 0.943 bits per heavy atom. The fraction of sp³-hybridized carbons (Fsp3) is 0. The van der Waals surface area contributed by atoms with Crippen molar-refractivity contribution in [1.29, 1.82) is 0 Å². The standard InChI is InChI=1S/C25H16ClN3O5S/c26-16-10-11-19(18(14-16)23(30)15-6-2-1-3-7-15)27-25(35)28-24(31)22-13-12-21(34-22)17-8-4-5-9-20(17)29(32)33/h1-14H,(H2,27,28,31,35). The van der Waals surface area contributed by atoms with Crippen LogP contribution in [-0.4, -0.2) is 21.7 Å². The minimum atomic E-state index is -0.669. The van der Waals surface area contributed by atoms with E-state index in [4.69, 9.17) is 28.2 Å². The van der Waals surface area contributed by atoms with Gasteiger partial charge in [-0.3, -0.25) is 25.0 Å². The molecule has 1 heterocycles. The van der Waals surface area contributed by atoms with Gasteiger partial charge in [-0.05, 0) is 48.6 Å². The summed E-state index contributed by atoms with van der Waals surface area (Å²) in [5, 5.41) is 16.9. The SMILES string of the molecule is O=C(NC(=S)Nc1ccc(Cl)cc1C(=O)c1ccccc1)c1ccc(-c2ccccc2[N+](=O)[O-])o1. The molecule has 0 aliphatic carbocycles. The van der Waals surface area contributed by atoms with Gasteiger partial charge in [-0.2, -0.15) is 0 Å². The maximum atomic E-state index is 13.0. The van der Waals surface area contributed by atoms with Crippen LogP contribution >= 0.6 is 23.8 Å². The molecule has 0 bridgehead atoms. The van der Waals surface area contributed by atoms with E-state index in [-0.39, 0.29) is 39.2 Å². The van der Waals surface area contributed by atoms with E-state index in [1.54, 1.807) is 48.5 Å². The van der Waals surface area contributed by atoms with E-state index in [1.165, 1.54) is 36.4 Å². The molecule has 8 nitrogen and oxygen atoms in total. The zero-order chi connectivity index (χ0) is 24.9. The molecule has 3 aromatic carbocycles. The number of halogens is 1. The van der Waals surface area contributed by atoms with Crippen LogP contribution in [0.3, 0.4) is 0 Å². The van der Waals surface area contributed by atoms with E-state index in [9.17, 15) is 19.7 Å². The third kappa shape index (κ3) is 5.43. The van der Waals surface area contributed by atoms with Crippen LogP contribution in [0.4, 0.5) is 11.4 Å². The van der Waals surface area contributed by atoms with Crippen molar-refractivity contribution in [3.63, 3.8) is 0 Å². The summed E-state index contributed by atoms with van der Waals surface area (Å²) in [6.45, 7) is 0. The summed E-state index contributed by atoms with van der Waals surface area (Å²) in [5.74, 6) is -0.879. The smallest absolute Gasteiger partial charge is 0.293 e. The number of nitro groups is 1. The molecule has 0 radical (unpaired) electrons. The Bertz CT molecular complexity index is 1450. The van der Waals surface area contributed by atoms with Crippen LogP contribution in [0.25, 0.3) is 11.3 Å². The van der Waals surface area contributed by atoms with Gasteiger partial charge in [0, 0.05) is 22.2 Å². The number of nitrogens with one attached hydrogen (secondary N) is 2. The third-order valence-electron chi connectivity index (χ3n) is 4.93. The second-order valence-electron chi connectivity index (χ2n) is 7.23. The first-order chi connectivity index (χ1) is 16.8.